The van der Waals surface area contributed by atoms with Crippen LogP contribution in [0.5, 0.6) is 5.75 Å². The molecule has 0 heterocycles. The molecule has 1 aromatic carbocycles. The minimum absolute atomic E-state index is 0.0550. The van der Waals surface area contributed by atoms with Gasteiger partial charge in [0.1, 0.15) is 11.6 Å². The van der Waals surface area contributed by atoms with E-state index < -0.39 is 0 Å². The highest BCUT2D eigenvalue weighted by Crippen LogP contribution is 2.20. The Morgan fingerprint density at radius 1 is 1.42 bits per heavy atom. The van der Waals surface area contributed by atoms with Crippen molar-refractivity contribution in [3.63, 3.8) is 0 Å². The van der Waals surface area contributed by atoms with Crippen LogP contribution in [-0.2, 0) is 11.3 Å². The van der Waals surface area contributed by atoms with Gasteiger partial charge in [-0.25, -0.2) is 4.39 Å². The highest BCUT2D eigenvalue weighted by atomic mass is 19.1. The van der Waals surface area contributed by atoms with Crippen LogP contribution in [0, 0.1) is 11.7 Å². The van der Waals surface area contributed by atoms with E-state index in [2.05, 4.69) is 5.32 Å². The Morgan fingerprint density at radius 2 is 2.21 bits per heavy atom. The Balaban J connectivity index is 2.58. The second kappa shape index (κ2) is 8.85. The minimum Gasteiger partial charge on any atom is -0.493 e. The molecule has 0 aliphatic carbocycles. The lowest BCUT2D eigenvalue weighted by atomic mass is 10.2. The van der Waals surface area contributed by atoms with Gasteiger partial charge in [0, 0.05) is 38.3 Å². The van der Waals surface area contributed by atoms with E-state index in [4.69, 9.17) is 14.6 Å². The molecule has 0 spiro atoms. The summed E-state index contributed by atoms with van der Waals surface area (Å²) in [6.07, 6.45) is 0. The van der Waals surface area contributed by atoms with E-state index in [1.165, 1.54) is 12.1 Å². The van der Waals surface area contributed by atoms with E-state index >= 15 is 0 Å². The van der Waals surface area contributed by atoms with Crippen LogP contribution < -0.4 is 10.1 Å². The molecule has 1 rings (SSSR count). The Morgan fingerprint density at radius 3 is 2.89 bits per heavy atom. The molecule has 5 heteroatoms. The summed E-state index contributed by atoms with van der Waals surface area (Å²) < 4.78 is 23.8. The summed E-state index contributed by atoms with van der Waals surface area (Å²) in [6, 6.07) is 4.45. The molecule has 1 aromatic rings. The molecule has 0 amide bonds. The number of ether oxygens (including phenoxy) is 2. The maximum atomic E-state index is 13.2. The van der Waals surface area contributed by atoms with Crippen LogP contribution in [0.4, 0.5) is 4.39 Å². The Labute approximate surface area is 113 Å². The number of methoxy groups -OCH3 is 1. The van der Waals surface area contributed by atoms with Gasteiger partial charge in [-0.1, -0.05) is 6.92 Å². The molecule has 4 nitrogen and oxygen atoms in total. The van der Waals surface area contributed by atoms with E-state index in [1.807, 2.05) is 6.92 Å². The zero-order chi connectivity index (χ0) is 14.1. The van der Waals surface area contributed by atoms with Crippen LogP contribution in [0.1, 0.15) is 12.5 Å². The molecule has 1 atom stereocenters. The average Bonchev–Trinajstić information content (AvgIpc) is 2.42. The van der Waals surface area contributed by atoms with Crippen LogP contribution in [-0.4, -0.2) is 38.6 Å². The third kappa shape index (κ3) is 6.00. The summed E-state index contributed by atoms with van der Waals surface area (Å²) in [4.78, 5) is 0. The van der Waals surface area contributed by atoms with Crippen LogP contribution in [0.25, 0.3) is 0 Å². The highest BCUT2D eigenvalue weighted by molar-refractivity contribution is 5.33. The lowest BCUT2D eigenvalue weighted by Crippen LogP contribution is -2.20. The number of nitrogens with one attached hydrogen (secondary N) is 1. The van der Waals surface area contributed by atoms with Crippen molar-refractivity contribution in [2.45, 2.75) is 13.5 Å². The maximum absolute atomic E-state index is 13.2. The molecule has 0 radical (unpaired) electrons. The van der Waals surface area contributed by atoms with Crippen LogP contribution in [0.2, 0.25) is 0 Å². The first-order chi connectivity index (χ1) is 9.17. The van der Waals surface area contributed by atoms with Crippen molar-refractivity contribution in [3.8, 4) is 5.75 Å². The second-order valence-corrected chi connectivity index (χ2v) is 4.52. The van der Waals surface area contributed by atoms with Gasteiger partial charge in [-0.15, -0.1) is 0 Å². The molecule has 0 aliphatic heterocycles. The van der Waals surface area contributed by atoms with Crippen LogP contribution in [0.15, 0.2) is 18.2 Å². The molecule has 0 saturated carbocycles. The zero-order valence-electron chi connectivity index (χ0n) is 11.5. The number of aliphatic hydroxyl groups excluding tert-OH is 1. The summed E-state index contributed by atoms with van der Waals surface area (Å²) in [5.41, 5.74) is 0.765. The summed E-state index contributed by atoms with van der Waals surface area (Å²) in [6.45, 7) is 4.19. The van der Waals surface area contributed by atoms with Crippen molar-refractivity contribution in [2.24, 2.45) is 5.92 Å². The van der Waals surface area contributed by atoms with E-state index in [0.717, 1.165) is 5.56 Å². The predicted molar refractivity (Wildman–Crippen MR) is 71.7 cm³/mol. The third-order valence-corrected chi connectivity index (χ3v) is 2.66. The zero-order valence-corrected chi connectivity index (χ0v) is 11.5. The first-order valence-electron chi connectivity index (χ1n) is 6.39. The van der Waals surface area contributed by atoms with Crippen molar-refractivity contribution >= 4 is 0 Å². The van der Waals surface area contributed by atoms with Gasteiger partial charge in [-0.2, -0.15) is 0 Å². The fraction of sp³-hybridized carbons (Fsp3) is 0.571. The summed E-state index contributed by atoms with van der Waals surface area (Å²) >= 11 is 0. The summed E-state index contributed by atoms with van der Waals surface area (Å²) in [5.74, 6) is 0.414. The number of hydrogen-bond donors (Lipinski definition) is 2. The van der Waals surface area contributed by atoms with Crippen molar-refractivity contribution in [1.82, 2.24) is 5.32 Å². The van der Waals surface area contributed by atoms with Gasteiger partial charge in [0.25, 0.3) is 0 Å². The first-order valence-corrected chi connectivity index (χ1v) is 6.39. The molecule has 0 fully saturated rings. The number of rotatable bonds is 9. The summed E-state index contributed by atoms with van der Waals surface area (Å²) in [5, 5.41) is 12.1. The molecule has 19 heavy (non-hydrogen) atoms. The number of benzene rings is 1. The standard InChI is InChI=1S/C14H22FNO3/c1-11(9-17)10-19-14-4-3-13(15)7-12(14)8-16-5-6-18-2/h3-4,7,11,16-17H,5-6,8-10H2,1-2H3. The quantitative estimate of drug-likeness (QED) is 0.669. The van der Waals surface area contributed by atoms with E-state index in [9.17, 15) is 4.39 Å². The van der Waals surface area contributed by atoms with Gasteiger partial charge in [0.2, 0.25) is 0 Å². The van der Waals surface area contributed by atoms with Crippen molar-refractivity contribution in [2.75, 3.05) is 33.5 Å². The van der Waals surface area contributed by atoms with Crippen LogP contribution >= 0.6 is 0 Å². The highest BCUT2D eigenvalue weighted by Gasteiger charge is 2.07. The van der Waals surface area contributed by atoms with Crippen molar-refractivity contribution < 1.29 is 19.0 Å². The molecule has 1 unspecified atom stereocenters. The molecule has 0 saturated heterocycles. The number of hydrogen-bond acceptors (Lipinski definition) is 4. The van der Waals surface area contributed by atoms with Gasteiger partial charge in [-0.3, -0.25) is 0 Å². The van der Waals surface area contributed by atoms with Gasteiger partial charge < -0.3 is 19.9 Å². The molecule has 108 valence electrons. The Kier molecular flexibility index (Phi) is 7.40. The third-order valence-electron chi connectivity index (χ3n) is 2.66. The molecular weight excluding hydrogens is 249 g/mol. The fourth-order valence-electron chi connectivity index (χ4n) is 1.51. The Bertz CT molecular complexity index is 374. The van der Waals surface area contributed by atoms with Crippen molar-refractivity contribution in [1.29, 1.82) is 0 Å². The monoisotopic (exact) mass is 271 g/mol. The normalized spacial score (nSPS) is 12.4. The predicted octanol–water partition coefficient (Wildman–Crippen LogP) is 1.57. The average molecular weight is 271 g/mol. The molecule has 0 aliphatic rings. The van der Waals surface area contributed by atoms with E-state index in [1.54, 1.807) is 13.2 Å². The largest absolute Gasteiger partial charge is 0.493 e. The second-order valence-electron chi connectivity index (χ2n) is 4.52. The number of aliphatic hydroxyl groups is 1. The Hall–Kier alpha value is -1.17. The number of halogens is 1. The van der Waals surface area contributed by atoms with E-state index in [-0.39, 0.29) is 18.3 Å². The van der Waals surface area contributed by atoms with Crippen LogP contribution in [0.3, 0.4) is 0 Å². The lowest BCUT2D eigenvalue weighted by Gasteiger charge is -2.14. The fourth-order valence-corrected chi connectivity index (χ4v) is 1.51. The molecule has 0 bridgehead atoms. The van der Waals surface area contributed by atoms with Gasteiger partial charge in [0.05, 0.1) is 13.2 Å². The lowest BCUT2D eigenvalue weighted by molar-refractivity contribution is 0.173. The summed E-state index contributed by atoms with van der Waals surface area (Å²) in [7, 11) is 1.63. The smallest absolute Gasteiger partial charge is 0.123 e. The minimum atomic E-state index is -0.286. The molecule has 2 N–H and O–H groups in total. The first kappa shape index (κ1) is 15.9. The van der Waals surface area contributed by atoms with E-state index in [0.29, 0.717) is 32.1 Å². The van der Waals surface area contributed by atoms with Gasteiger partial charge >= 0.3 is 0 Å². The SMILES string of the molecule is COCCNCc1cc(F)ccc1OCC(C)CO. The molecular formula is C14H22FNO3. The van der Waals surface area contributed by atoms with Crippen molar-refractivity contribution in [3.05, 3.63) is 29.6 Å². The van der Waals surface area contributed by atoms with Gasteiger partial charge in [-0.05, 0) is 18.2 Å². The molecule has 0 aromatic heterocycles. The maximum Gasteiger partial charge on any atom is 0.123 e. The topological polar surface area (TPSA) is 50.7 Å². The van der Waals surface area contributed by atoms with Gasteiger partial charge in [0.15, 0.2) is 0 Å².